The molecule has 140 valence electrons. The van der Waals surface area contributed by atoms with Gasteiger partial charge in [0, 0.05) is 30.3 Å². The molecule has 0 N–H and O–H groups in total. The summed E-state index contributed by atoms with van der Waals surface area (Å²) in [6.07, 6.45) is 2.72. The number of rotatable bonds is 4. The summed E-state index contributed by atoms with van der Waals surface area (Å²) in [5.74, 6) is -0.465. The van der Waals surface area contributed by atoms with E-state index in [2.05, 4.69) is 4.99 Å². The summed E-state index contributed by atoms with van der Waals surface area (Å²) in [4.78, 5) is 40.5. The number of amides is 1. The third-order valence-electron chi connectivity index (χ3n) is 4.55. The minimum Gasteiger partial charge on any atom is -0.402 e. The van der Waals surface area contributed by atoms with Crippen LogP contribution in [0.4, 0.5) is 11.4 Å². The molecule has 28 heavy (non-hydrogen) atoms. The number of anilines is 1. The second-order valence-corrected chi connectivity index (χ2v) is 6.35. The Balaban J connectivity index is 1.61. The van der Waals surface area contributed by atoms with Crippen LogP contribution in [0, 0.1) is 10.1 Å². The molecule has 0 unspecified atom stereocenters. The fraction of sp³-hybridized carbons (Fsp3) is 0.150. The van der Waals surface area contributed by atoms with Crippen LogP contribution in [0.2, 0.25) is 0 Å². The lowest BCUT2D eigenvalue weighted by atomic mass is 10.1. The smallest absolute Gasteiger partial charge is 0.363 e. The van der Waals surface area contributed by atoms with Crippen molar-refractivity contribution in [3.05, 3.63) is 75.5 Å². The average Bonchev–Trinajstić information content (AvgIpc) is 3.28. The highest BCUT2D eigenvalue weighted by molar-refractivity contribution is 6.13. The fourth-order valence-electron chi connectivity index (χ4n) is 3.16. The van der Waals surface area contributed by atoms with E-state index in [1.807, 2.05) is 0 Å². The number of nitro benzene ring substituents is 1. The van der Waals surface area contributed by atoms with Crippen LogP contribution in [0.5, 0.6) is 0 Å². The SMILES string of the molecule is O=C1OC(c2ccc(N3CCCC3=O)cc2)=N/C1=C/c1ccccc1[N+](=O)[O-]. The number of aliphatic imine (C=N–C) groups is 1. The minimum atomic E-state index is -0.674. The van der Waals surface area contributed by atoms with E-state index in [0.29, 0.717) is 18.5 Å². The number of cyclic esters (lactones) is 1. The first kappa shape index (κ1) is 17.6. The molecule has 2 aliphatic heterocycles. The maximum absolute atomic E-state index is 12.1. The third kappa shape index (κ3) is 3.27. The van der Waals surface area contributed by atoms with E-state index in [0.717, 1.165) is 12.1 Å². The molecule has 4 rings (SSSR count). The molecule has 0 aromatic heterocycles. The molecule has 2 aromatic carbocycles. The van der Waals surface area contributed by atoms with Gasteiger partial charge in [-0.2, -0.15) is 0 Å². The van der Waals surface area contributed by atoms with Gasteiger partial charge in [-0.25, -0.2) is 9.79 Å². The monoisotopic (exact) mass is 377 g/mol. The van der Waals surface area contributed by atoms with Crippen molar-refractivity contribution in [3.63, 3.8) is 0 Å². The van der Waals surface area contributed by atoms with Gasteiger partial charge in [-0.3, -0.25) is 14.9 Å². The summed E-state index contributed by atoms with van der Waals surface area (Å²) < 4.78 is 5.21. The molecule has 0 aliphatic carbocycles. The van der Waals surface area contributed by atoms with Crippen molar-refractivity contribution in [2.75, 3.05) is 11.4 Å². The van der Waals surface area contributed by atoms with Crippen LogP contribution in [-0.2, 0) is 14.3 Å². The number of hydrogen-bond acceptors (Lipinski definition) is 6. The molecule has 1 fully saturated rings. The zero-order valence-electron chi connectivity index (χ0n) is 14.7. The second-order valence-electron chi connectivity index (χ2n) is 6.35. The maximum Gasteiger partial charge on any atom is 0.363 e. The van der Waals surface area contributed by atoms with Gasteiger partial charge in [0.15, 0.2) is 5.70 Å². The van der Waals surface area contributed by atoms with E-state index in [4.69, 9.17) is 4.74 Å². The summed E-state index contributed by atoms with van der Waals surface area (Å²) in [5, 5.41) is 11.1. The van der Waals surface area contributed by atoms with Crippen molar-refractivity contribution in [1.82, 2.24) is 0 Å². The summed E-state index contributed by atoms with van der Waals surface area (Å²) >= 11 is 0. The van der Waals surface area contributed by atoms with Gasteiger partial charge in [-0.15, -0.1) is 0 Å². The Kier molecular flexibility index (Phi) is 4.44. The summed E-state index contributed by atoms with van der Waals surface area (Å²) in [5.41, 5.74) is 1.50. The number of ether oxygens (including phenoxy) is 1. The third-order valence-corrected chi connectivity index (χ3v) is 4.55. The highest BCUT2D eigenvalue weighted by Gasteiger charge is 2.26. The lowest BCUT2D eigenvalue weighted by Crippen LogP contribution is -2.23. The van der Waals surface area contributed by atoms with Crippen molar-refractivity contribution in [1.29, 1.82) is 0 Å². The van der Waals surface area contributed by atoms with Crippen molar-refractivity contribution in [3.8, 4) is 0 Å². The van der Waals surface area contributed by atoms with E-state index < -0.39 is 10.9 Å². The number of nitro groups is 1. The molecule has 2 heterocycles. The molecule has 0 bridgehead atoms. The Morgan fingerprint density at radius 3 is 2.54 bits per heavy atom. The van der Waals surface area contributed by atoms with Gasteiger partial charge in [0.05, 0.1) is 10.5 Å². The molecule has 1 amide bonds. The largest absolute Gasteiger partial charge is 0.402 e. The number of carbonyl (C=O) groups excluding carboxylic acids is 2. The van der Waals surface area contributed by atoms with E-state index in [1.54, 1.807) is 41.3 Å². The van der Waals surface area contributed by atoms with Gasteiger partial charge in [0.25, 0.3) is 5.69 Å². The Bertz CT molecular complexity index is 1040. The summed E-state index contributed by atoms with van der Waals surface area (Å²) in [6.45, 7) is 0.691. The fourth-order valence-corrected chi connectivity index (χ4v) is 3.16. The number of benzene rings is 2. The standard InChI is InChI=1S/C20H15N3O5/c24-18-6-3-11-22(18)15-9-7-13(8-10-15)19-21-16(20(25)28-19)12-14-4-1-2-5-17(14)23(26)27/h1-2,4-5,7-10,12H,3,6,11H2/b16-12+. The summed E-state index contributed by atoms with van der Waals surface area (Å²) in [6, 6.07) is 13.1. The highest BCUT2D eigenvalue weighted by Crippen LogP contribution is 2.26. The number of hydrogen-bond donors (Lipinski definition) is 0. The Morgan fingerprint density at radius 2 is 1.86 bits per heavy atom. The maximum atomic E-state index is 12.1. The zero-order valence-corrected chi connectivity index (χ0v) is 14.7. The van der Waals surface area contributed by atoms with Gasteiger partial charge < -0.3 is 9.64 Å². The number of nitrogens with zero attached hydrogens (tertiary/aromatic N) is 3. The lowest BCUT2D eigenvalue weighted by molar-refractivity contribution is -0.385. The summed E-state index contributed by atoms with van der Waals surface area (Å²) in [7, 11) is 0. The lowest BCUT2D eigenvalue weighted by Gasteiger charge is -2.15. The van der Waals surface area contributed by atoms with Crippen molar-refractivity contribution >= 4 is 35.2 Å². The molecule has 0 spiro atoms. The van der Waals surface area contributed by atoms with Gasteiger partial charge in [0.1, 0.15) is 0 Å². The molecular formula is C20H15N3O5. The van der Waals surface area contributed by atoms with Crippen LogP contribution in [0.1, 0.15) is 24.0 Å². The molecule has 0 radical (unpaired) electrons. The van der Waals surface area contributed by atoms with Crippen molar-refractivity contribution < 1.29 is 19.2 Å². The minimum absolute atomic E-state index is 0.0110. The highest BCUT2D eigenvalue weighted by atomic mass is 16.6. The van der Waals surface area contributed by atoms with Crippen LogP contribution in [0.3, 0.4) is 0 Å². The average molecular weight is 377 g/mol. The van der Waals surface area contributed by atoms with E-state index in [9.17, 15) is 19.7 Å². The zero-order chi connectivity index (χ0) is 19.7. The van der Waals surface area contributed by atoms with Gasteiger partial charge in [0.2, 0.25) is 11.8 Å². The van der Waals surface area contributed by atoms with Gasteiger partial charge in [-0.05, 0) is 42.8 Å². The van der Waals surface area contributed by atoms with Crippen LogP contribution >= 0.6 is 0 Å². The van der Waals surface area contributed by atoms with Gasteiger partial charge in [-0.1, -0.05) is 12.1 Å². The van der Waals surface area contributed by atoms with Crippen LogP contribution in [0.25, 0.3) is 6.08 Å². The van der Waals surface area contributed by atoms with E-state index in [1.165, 1.54) is 18.2 Å². The molecule has 0 saturated carbocycles. The molecule has 0 atom stereocenters. The van der Waals surface area contributed by atoms with Crippen LogP contribution in [-0.4, -0.2) is 29.2 Å². The number of para-hydroxylation sites is 1. The van der Waals surface area contributed by atoms with Crippen molar-refractivity contribution in [2.24, 2.45) is 4.99 Å². The molecular weight excluding hydrogens is 362 g/mol. The Labute approximate surface area is 159 Å². The first-order valence-corrected chi connectivity index (χ1v) is 8.70. The molecule has 8 heteroatoms. The molecule has 1 saturated heterocycles. The number of carbonyl (C=O) groups is 2. The predicted molar refractivity (Wildman–Crippen MR) is 102 cm³/mol. The van der Waals surface area contributed by atoms with Crippen molar-refractivity contribution in [2.45, 2.75) is 12.8 Å². The van der Waals surface area contributed by atoms with E-state index in [-0.39, 0.29) is 28.8 Å². The number of esters is 1. The first-order chi connectivity index (χ1) is 13.5. The topological polar surface area (TPSA) is 102 Å². The first-order valence-electron chi connectivity index (χ1n) is 8.70. The second kappa shape index (κ2) is 7.07. The quantitative estimate of drug-likeness (QED) is 0.353. The van der Waals surface area contributed by atoms with Gasteiger partial charge >= 0.3 is 5.97 Å². The molecule has 2 aromatic rings. The van der Waals surface area contributed by atoms with Crippen LogP contribution < -0.4 is 4.90 Å². The Hall–Kier alpha value is -3.81. The molecule has 2 aliphatic rings. The van der Waals surface area contributed by atoms with E-state index >= 15 is 0 Å². The normalized spacial score (nSPS) is 17.8. The predicted octanol–water partition coefficient (Wildman–Crippen LogP) is 3.07. The Morgan fingerprint density at radius 1 is 1.11 bits per heavy atom. The van der Waals surface area contributed by atoms with Crippen LogP contribution in [0.15, 0.2) is 59.2 Å². The molecule has 8 nitrogen and oxygen atoms in total.